The van der Waals surface area contributed by atoms with Gasteiger partial charge in [-0.1, -0.05) is 0 Å². The molecular formula is C15H19ClO4S. The van der Waals surface area contributed by atoms with E-state index in [1.54, 1.807) is 12.1 Å². The first kappa shape index (κ1) is 17.9. The third kappa shape index (κ3) is 5.25. The Kier molecular flexibility index (Phi) is 7.05. The summed E-state index contributed by atoms with van der Waals surface area (Å²) in [7, 11) is 0.0703. The molecule has 0 bridgehead atoms. The van der Waals surface area contributed by atoms with Crippen molar-refractivity contribution in [1.29, 1.82) is 0 Å². The molecule has 0 aromatic heterocycles. The highest BCUT2D eigenvalue weighted by Gasteiger charge is 2.29. The Labute approximate surface area is 134 Å². The van der Waals surface area contributed by atoms with Crippen LogP contribution in [0, 0.1) is 0 Å². The van der Waals surface area contributed by atoms with E-state index < -0.39 is 0 Å². The van der Waals surface area contributed by atoms with Gasteiger partial charge in [-0.2, -0.15) is 0 Å². The van der Waals surface area contributed by atoms with Crippen molar-refractivity contribution in [3.8, 4) is 11.5 Å². The quantitative estimate of drug-likeness (QED) is 0.434. The normalized spacial score (nSPS) is 15.0. The van der Waals surface area contributed by atoms with Crippen LogP contribution in [0.15, 0.2) is 23.1 Å². The molecule has 0 unspecified atom stereocenters. The van der Waals surface area contributed by atoms with E-state index in [0.29, 0.717) is 11.5 Å². The molecule has 21 heavy (non-hydrogen) atoms. The Hall–Kier alpha value is -1.20. The lowest BCUT2D eigenvalue weighted by Gasteiger charge is -2.16. The predicted octanol–water partition coefficient (Wildman–Crippen LogP) is -0.298. The van der Waals surface area contributed by atoms with Crippen molar-refractivity contribution in [2.75, 3.05) is 11.5 Å². The molecule has 116 valence electrons. The van der Waals surface area contributed by atoms with Gasteiger partial charge in [0.15, 0.2) is 5.75 Å². The maximum Gasteiger partial charge on any atom is 0.308 e. The van der Waals surface area contributed by atoms with Gasteiger partial charge in [0, 0.05) is 30.8 Å². The molecule has 0 N–H and O–H groups in total. The molecule has 0 amide bonds. The monoisotopic (exact) mass is 330 g/mol. The molecule has 1 saturated heterocycles. The molecule has 2 rings (SSSR count). The summed E-state index contributed by atoms with van der Waals surface area (Å²) in [6.07, 6.45) is 3.65. The first-order chi connectivity index (χ1) is 9.56. The number of carbonyl (C=O) groups excluding carboxylic acids is 2. The molecule has 0 aliphatic carbocycles. The average molecular weight is 331 g/mol. The summed E-state index contributed by atoms with van der Waals surface area (Å²) in [5.74, 6) is 2.66. The summed E-state index contributed by atoms with van der Waals surface area (Å²) < 4.78 is 10.4. The van der Waals surface area contributed by atoms with Gasteiger partial charge in [-0.15, -0.1) is 0 Å². The van der Waals surface area contributed by atoms with Gasteiger partial charge in [-0.3, -0.25) is 9.59 Å². The third-order valence-corrected chi connectivity index (χ3v) is 5.53. The molecule has 1 heterocycles. The first-order valence-electron chi connectivity index (χ1n) is 6.74. The lowest BCUT2D eigenvalue weighted by molar-refractivity contribution is -0.133. The van der Waals surface area contributed by atoms with Crippen LogP contribution in [0.2, 0.25) is 0 Å². The Balaban J connectivity index is 0.00000220. The average Bonchev–Trinajstić information content (AvgIpc) is 2.40. The number of halogens is 1. The van der Waals surface area contributed by atoms with Crippen molar-refractivity contribution in [2.45, 2.75) is 38.0 Å². The zero-order valence-electron chi connectivity index (χ0n) is 12.2. The Morgan fingerprint density at radius 2 is 1.62 bits per heavy atom. The molecule has 1 aromatic rings. The minimum atomic E-state index is -0.344. The SMILES string of the molecule is CC(=O)Oc1ccc(OC(C)=O)c([S+]2CCCCC2)c1.[Cl-]. The van der Waals surface area contributed by atoms with Crippen LogP contribution in [0.1, 0.15) is 33.1 Å². The van der Waals surface area contributed by atoms with E-state index in [1.165, 1.54) is 33.1 Å². The molecule has 0 radical (unpaired) electrons. The van der Waals surface area contributed by atoms with E-state index >= 15 is 0 Å². The maximum atomic E-state index is 11.2. The van der Waals surface area contributed by atoms with Gasteiger partial charge in [0.05, 0.1) is 0 Å². The third-order valence-electron chi connectivity index (χ3n) is 3.02. The van der Waals surface area contributed by atoms with E-state index in [-0.39, 0.29) is 35.2 Å². The fourth-order valence-electron chi connectivity index (χ4n) is 2.23. The summed E-state index contributed by atoms with van der Waals surface area (Å²) in [5, 5.41) is 0. The Bertz CT molecular complexity index is 512. The van der Waals surface area contributed by atoms with Gasteiger partial charge in [0.25, 0.3) is 0 Å². The second-order valence-electron chi connectivity index (χ2n) is 4.76. The maximum absolute atomic E-state index is 11.2. The Morgan fingerprint density at radius 1 is 1.00 bits per heavy atom. The smallest absolute Gasteiger partial charge is 0.308 e. The summed E-state index contributed by atoms with van der Waals surface area (Å²) >= 11 is 0. The molecule has 0 spiro atoms. The van der Waals surface area contributed by atoms with Crippen LogP contribution in [0.4, 0.5) is 0 Å². The number of hydrogen-bond donors (Lipinski definition) is 0. The lowest BCUT2D eigenvalue weighted by atomic mass is 10.3. The van der Waals surface area contributed by atoms with Crippen LogP contribution < -0.4 is 21.9 Å². The molecule has 1 aliphatic heterocycles. The second kappa shape index (κ2) is 8.29. The highest BCUT2D eigenvalue weighted by atomic mass is 35.5. The van der Waals surface area contributed by atoms with Crippen LogP contribution >= 0.6 is 0 Å². The topological polar surface area (TPSA) is 52.6 Å². The van der Waals surface area contributed by atoms with Crippen LogP contribution in [0.5, 0.6) is 11.5 Å². The fraction of sp³-hybridized carbons (Fsp3) is 0.467. The molecule has 6 heteroatoms. The number of rotatable bonds is 3. The second-order valence-corrected chi connectivity index (χ2v) is 7.00. The van der Waals surface area contributed by atoms with Crippen molar-refractivity contribution in [3.63, 3.8) is 0 Å². The van der Waals surface area contributed by atoms with E-state index in [4.69, 9.17) is 9.47 Å². The molecule has 1 aromatic carbocycles. The number of ether oxygens (including phenoxy) is 2. The van der Waals surface area contributed by atoms with Crippen molar-refractivity contribution in [1.82, 2.24) is 0 Å². The molecule has 0 saturated carbocycles. The number of benzene rings is 1. The van der Waals surface area contributed by atoms with Crippen molar-refractivity contribution in [2.24, 2.45) is 0 Å². The van der Waals surface area contributed by atoms with E-state index in [9.17, 15) is 9.59 Å². The zero-order valence-corrected chi connectivity index (χ0v) is 13.8. The summed E-state index contributed by atoms with van der Waals surface area (Å²) in [6.45, 7) is 2.77. The number of hydrogen-bond acceptors (Lipinski definition) is 4. The van der Waals surface area contributed by atoms with Crippen LogP contribution in [-0.4, -0.2) is 23.4 Å². The van der Waals surface area contributed by atoms with E-state index in [0.717, 1.165) is 16.4 Å². The molecule has 1 fully saturated rings. The lowest BCUT2D eigenvalue weighted by Crippen LogP contribution is -3.00. The summed E-state index contributed by atoms with van der Waals surface area (Å²) in [5.41, 5.74) is 0. The minimum absolute atomic E-state index is 0. The largest absolute Gasteiger partial charge is 1.00 e. The van der Waals surface area contributed by atoms with Gasteiger partial charge in [0.1, 0.15) is 17.3 Å². The Morgan fingerprint density at radius 3 is 2.19 bits per heavy atom. The fourth-order valence-corrected chi connectivity index (χ4v) is 4.66. The standard InChI is InChI=1S/C15H19O4S.ClH/c1-11(16)18-13-6-7-14(19-12(2)17)15(10-13)20-8-4-3-5-9-20;/h6-7,10H,3-5,8-9H2,1-2H3;1H/q+1;/p-1. The van der Waals surface area contributed by atoms with Gasteiger partial charge in [-0.05, 0) is 31.4 Å². The summed E-state index contributed by atoms with van der Waals surface area (Å²) in [6, 6.07) is 5.22. The molecule has 4 nitrogen and oxygen atoms in total. The number of carbonyl (C=O) groups is 2. The van der Waals surface area contributed by atoms with Crippen molar-refractivity contribution < 1.29 is 31.5 Å². The first-order valence-corrected chi connectivity index (χ1v) is 8.31. The molecule has 0 atom stereocenters. The van der Waals surface area contributed by atoms with Gasteiger partial charge in [-0.25, -0.2) is 0 Å². The minimum Gasteiger partial charge on any atom is -1.00 e. The van der Waals surface area contributed by atoms with Crippen LogP contribution in [-0.2, 0) is 20.5 Å². The number of esters is 2. The predicted molar refractivity (Wildman–Crippen MR) is 78.3 cm³/mol. The highest BCUT2D eigenvalue weighted by molar-refractivity contribution is 7.97. The summed E-state index contributed by atoms with van der Waals surface area (Å²) in [4.78, 5) is 23.3. The van der Waals surface area contributed by atoms with Gasteiger partial charge >= 0.3 is 11.9 Å². The molecular weight excluding hydrogens is 312 g/mol. The van der Waals surface area contributed by atoms with Gasteiger partial charge in [0.2, 0.25) is 4.90 Å². The van der Waals surface area contributed by atoms with Crippen molar-refractivity contribution >= 4 is 22.8 Å². The highest BCUT2D eigenvalue weighted by Crippen LogP contribution is 2.33. The zero-order chi connectivity index (χ0) is 14.5. The van der Waals surface area contributed by atoms with Crippen LogP contribution in [0.25, 0.3) is 0 Å². The van der Waals surface area contributed by atoms with E-state index in [1.807, 2.05) is 6.07 Å². The van der Waals surface area contributed by atoms with E-state index in [2.05, 4.69) is 0 Å². The van der Waals surface area contributed by atoms with Gasteiger partial charge < -0.3 is 21.9 Å². The van der Waals surface area contributed by atoms with Crippen LogP contribution in [0.3, 0.4) is 0 Å². The molecule has 1 aliphatic rings. The van der Waals surface area contributed by atoms with Crippen molar-refractivity contribution in [3.05, 3.63) is 18.2 Å².